The predicted octanol–water partition coefficient (Wildman–Crippen LogP) is 5.99. The summed E-state index contributed by atoms with van der Waals surface area (Å²) in [5.41, 5.74) is 5.12. The first-order chi connectivity index (χ1) is 13.5. The Labute approximate surface area is 177 Å². The fourth-order valence-corrected chi connectivity index (χ4v) is 4.82. The molecule has 0 spiro atoms. The average molecular weight is 454 g/mol. The monoisotopic (exact) mass is 452 g/mol. The molecule has 3 nitrogen and oxygen atoms in total. The fourth-order valence-electron chi connectivity index (χ4n) is 4.18. The molecule has 140 valence electrons. The Kier molecular flexibility index (Phi) is 5.14. The van der Waals surface area contributed by atoms with Crippen LogP contribution in [-0.2, 0) is 4.79 Å². The standard InChI is InChI=1S/C23H18BrClN2O/c1-13-18(12-26)22(17-4-2-3-5-19(17)24)23-20(27-13)10-15(11-21(23)28)14-6-8-16(25)9-7-14/h2-9,15,22,27H,10-11H2,1H3/t15-,22+/m1/s1. The van der Waals surface area contributed by atoms with Crippen molar-refractivity contribution < 1.29 is 4.79 Å². The highest BCUT2D eigenvalue weighted by Crippen LogP contribution is 2.46. The summed E-state index contributed by atoms with van der Waals surface area (Å²) in [6.07, 6.45) is 1.17. The topological polar surface area (TPSA) is 52.9 Å². The van der Waals surface area contributed by atoms with Gasteiger partial charge in [-0.3, -0.25) is 4.79 Å². The molecule has 2 aromatic rings. The Balaban J connectivity index is 1.80. The maximum Gasteiger partial charge on any atom is 0.162 e. The van der Waals surface area contributed by atoms with Crippen LogP contribution in [0, 0.1) is 11.3 Å². The summed E-state index contributed by atoms with van der Waals surface area (Å²) in [6.45, 7) is 1.91. The molecule has 1 aliphatic heterocycles. The van der Waals surface area contributed by atoms with Gasteiger partial charge < -0.3 is 5.32 Å². The van der Waals surface area contributed by atoms with Gasteiger partial charge in [-0.15, -0.1) is 0 Å². The molecule has 5 heteroatoms. The smallest absolute Gasteiger partial charge is 0.162 e. The van der Waals surface area contributed by atoms with Crippen LogP contribution in [0.2, 0.25) is 5.02 Å². The van der Waals surface area contributed by atoms with Gasteiger partial charge in [0.2, 0.25) is 0 Å². The quantitative estimate of drug-likeness (QED) is 0.608. The van der Waals surface area contributed by atoms with Gasteiger partial charge >= 0.3 is 0 Å². The van der Waals surface area contributed by atoms with Gasteiger partial charge in [-0.2, -0.15) is 5.26 Å². The number of nitrogens with zero attached hydrogens (tertiary/aromatic N) is 1. The van der Waals surface area contributed by atoms with E-state index in [4.69, 9.17) is 11.6 Å². The van der Waals surface area contributed by atoms with Crippen molar-refractivity contribution in [1.29, 1.82) is 5.26 Å². The van der Waals surface area contributed by atoms with Gasteiger partial charge in [-0.05, 0) is 48.6 Å². The molecular weight excluding hydrogens is 436 g/mol. The molecule has 2 atom stereocenters. The molecule has 0 fully saturated rings. The third kappa shape index (κ3) is 3.30. The van der Waals surface area contributed by atoms with Crippen molar-refractivity contribution >= 4 is 33.3 Å². The number of hydrogen-bond donors (Lipinski definition) is 1. The first-order valence-corrected chi connectivity index (χ1v) is 10.3. The number of nitriles is 1. The molecule has 1 N–H and O–H groups in total. The molecule has 2 aliphatic rings. The third-order valence-electron chi connectivity index (χ3n) is 5.51. The Morgan fingerprint density at radius 3 is 2.54 bits per heavy atom. The zero-order valence-corrected chi connectivity index (χ0v) is 17.6. The van der Waals surface area contributed by atoms with E-state index >= 15 is 0 Å². The molecule has 0 aromatic heterocycles. The lowest BCUT2D eigenvalue weighted by Crippen LogP contribution is -2.33. The Morgan fingerprint density at radius 2 is 1.86 bits per heavy atom. The molecule has 2 aromatic carbocycles. The molecule has 1 heterocycles. The van der Waals surface area contributed by atoms with Crippen molar-refractivity contribution in [1.82, 2.24) is 5.32 Å². The molecule has 0 radical (unpaired) electrons. The highest BCUT2D eigenvalue weighted by Gasteiger charge is 2.39. The second kappa shape index (κ2) is 7.58. The number of carbonyl (C=O) groups is 1. The van der Waals surface area contributed by atoms with Crippen LogP contribution in [0.4, 0.5) is 0 Å². The van der Waals surface area contributed by atoms with Crippen molar-refractivity contribution in [3.05, 3.63) is 91.7 Å². The number of Topliss-reactive ketones (excluding diaryl/α,β-unsaturated/α-hetero) is 1. The fraction of sp³-hybridized carbons (Fsp3) is 0.217. The van der Waals surface area contributed by atoms with Gasteiger partial charge in [0.15, 0.2) is 5.78 Å². The van der Waals surface area contributed by atoms with Crippen molar-refractivity contribution in [2.45, 2.75) is 31.6 Å². The molecule has 4 rings (SSSR count). The Bertz CT molecular complexity index is 1060. The first kappa shape index (κ1) is 19.0. The van der Waals surface area contributed by atoms with Crippen LogP contribution < -0.4 is 5.32 Å². The SMILES string of the molecule is CC1=C(C#N)[C@H](c2ccccc2Br)C2=C(C[C@@H](c3ccc(Cl)cc3)CC2=O)N1. The molecule has 1 aliphatic carbocycles. The lowest BCUT2D eigenvalue weighted by molar-refractivity contribution is -0.116. The van der Waals surface area contributed by atoms with Crippen molar-refractivity contribution in [2.75, 3.05) is 0 Å². The number of halogens is 2. The van der Waals surface area contributed by atoms with E-state index in [1.165, 1.54) is 0 Å². The molecule has 0 amide bonds. The molecule has 0 saturated carbocycles. The van der Waals surface area contributed by atoms with Crippen LogP contribution in [0.3, 0.4) is 0 Å². The van der Waals surface area contributed by atoms with E-state index in [2.05, 4.69) is 27.3 Å². The molecule has 0 saturated heterocycles. The third-order valence-corrected chi connectivity index (χ3v) is 6.48. The van der Waals surface area contributed by atoms with Gasteiger partial charge in [-0.25, -0.2) is 0 Å². The Hall–Kier alpha value is -2.35. The van der Waals surface area contributed by atoms with E-state index in [9.17, 15) is 10.1 Å². The van der Waals surface area contributed by atoms with Crippen LogP contribution in [0.25, 0.3) is 0 Å². The maximum atomic E-state index is 13.3. The molecular formula is C23H18BrClN2O. The number of ketones is 1. The number of dihydropyridines is 1. The number of carbonyl (C=O) groups excluding carboxylic acids is 1. The largest absolute Gasteiger partial charge is 0.361 e. The molecule has 28 heavy (non-hydrogen) atoms. The minimum Gasteiger partial charge on any atom is -0.361 e. The van der Waals surface area contributed by atoms with Crippen molar-refractivity contribution in [2.24, 2.45) is 0 Å². The summed E-state index contributed by atoms with van der Waals surface area (Å²) >= 11 is 9.61. The Morgan fingerprint density at radius 1 is 1.14 bits per heavy atom. The zero-order valence-electron chi connectivity index (χ0n) is 15.3. The minimum atomic E-state index is -0.338. The predicted molar refractivity (Wildman–Crippen MR) is 114 cm³/mol. The van der Waals surface area contributed by atoms with Crippen molar-refractivity contribution in [3.63, 3.8) is 0 Å². The van der Waals surface area contributed by atoms with E-state index in [0.29, 0.717) is 17.0 Å². The summed E-state index contributed by atoms with van der Waals surface area (Å²) in [6, 6.07) is 17.8. The van der Waals surface area contributed by atoms with E-state index in [0.717, 1.165) is 39.0 Å². The minimum absolute atomic E-state index is 0.0923. The number of benzene rings is 2. The van der Waals surface area contributed by atoms with E-state index in [1.54, 1.807) is 0 Å². The summed E-state index contributed by atoms with van der Waals surface area (Å²) in [4.78, 5) is 13.3. The highest BCUT2D eigenvalue weighted by atomic mass is 79.9. The van der Waals surface area contributed by atoms with E-state index in [-0.39, 0.29) is 17.6 Å². The number of rotatable bonds is 2. The maximum absolute atomic E-state index is 13.3. The lowest BCUT2D eigenvalue weighted by atomic mass is 9.72. The summed E-state index contributed by atoms with van der Waals surface area (Å²) < 4.78 is 0.905. The first-order valence-electron chi connectivity index (χ1n) is 9.13. The summed E-state index contributed by atoms with van der Waals surface area (Å²) in [5, 5.41) is 13.8. The second-order valence-electron chi connectivity index (χ2n) is 7.20. The van der Waals surface area contributed by atoms with Gasteiger partial charge in [0.05, 0.1) is 17.6 Å². The second-order valence-corrected chi connectivity index (χ2v) is 8.49. The summed E-state index contributed by atoms with van der Waals surface area (Å²) in [5.74, 6) is -0.141. The van der Waals surface area contributed by atoms with Gasteiger partial charge in [-0.1, -0.05) is 57.9 Å². The normalized spacial score (nSPS) is 21.9. The summed E-state index contributed by atoms with van der Waals surface area (Å²) in [7, 11) is 0. The molecule has 0 unspecified atom stereocenters. The number of hydrogen-bond acceptors (Lipinski definition) is 3. The van der Waals surface area contributed by atoms with E-state index < -0.39 is 0 Å². The average Bonchev–Trinajstić information content (AvgIpc) is 2.68. The van der Waals surface area contributed by atoms with Crippen LogP contribution in [-0.4, -0.2) is 5.78 Å². The van der Waals surface area contributed by atoms with Crippen LogP contribution in [0.15, 0.2) is 75.5 Å². The lowest BCUT2D eigenvalue weighted by Gasteiger charge is -2.36. The van der Waals surface area contributed by atoms with E-state index in [1.807, 2.05) is 55.5 Å². The molecule has 0 bridgehead atoms. The number of nitrogens with one attached hydrogen (secondary N) is 1. The highest BCUT2D eigenvalue weighted by molar-refractivity contribution is 9.10. The van der Waals surface area contributed by atoms with Gasteiger partial charge in [0.1, 0.15) is 0 Å². The zero-order chi connectivity index (χ0) is 19.8. The van der Waals surface area contributed by atoms with Crippen molar-refractivity contribution in [3.8, 4) is 6.07 Å². The van der Waals surface area contributed by atoms with Gasteiger partial charge in [0, 0.05) is 32.9 Å². The number of allylic oxidation sites excluding steroid dienone is 4. The van der Waals surface area contributed by atoms with Gasteiger partial charge in [0.25, 0.3) is 0 Å². The van der Waals surface area contributed by atoms with Crippen LogP contribution >= 0.6 is 27.5 Å². The van der Waals surface area contributed by atoms with Crippen LogP contribution in [0.1, 0.15) is 42.7 Å². The van der Waals surface area contributed by atoms with Crippen LogP contribution in [0.5, 0.6) is 0 Å².